The minimum Gasteiger partial charge on any atom is -0.488 e. The van der Waals surface area contributed by atoms with Crippen molar-refractivity contribution in [1.82, 2.24) is 21.3 Å². The summed E-state index contributed by atoms with van der Waals surface area (Å²) in [6.07, 6.45) is -3.61. The van der Waals surface area contributed by atoms with Crippen molar-refractivity contribution in [3.05, 3.63) is 29.8 Å². The number of aliphatic carboxylic acids is 1. The number of carbonyl (C=O) groups excluding carboxylic acids is 5. The van der Waals surface area contributed by atoms with Gasteiger partial charge in [0, 0.05) is 13.0 Å². The van der Waals surface area contributed by atoms with Crippen LogP contribution in [0.3, 0.4) is 0 Å². The van der Waals surface area contributed by atoms with E-state index in [1.807, 2.05) is 20.8 Å². The van der Waals surface area contributed by atoms with Crippen LogP contribution in [0, 0.1) is 0 Å². The SMILES string of the molecule is COC(=O)[C@H](CCCCN)NC(=O)C(Cc1ccc(OC(C)(C)C)cc1)NC(=O)[C@H](CCCCNC(=O)C1OC(C)(C)OC1C1OC(C)(C)OC1C(=O)O)NC(=O)OC(C)(C)C. The van der Waals surface area contributed by atoms with E-state index >= 15 is 0 Å². The largest absolute Gasteiger partial charge is 0.488 e. The van der Waals surface area contributed by atoms with Gasteiger partial charge in [-0.25, -0.2) is 14.4 Å². The van der Waals surface area contributed by atoms with E-state index in [1.54, 1.807) is 72.7 Å². The maximum Gasteiger partial charge on any atom is 0.408 e. The molecule has 1 aromatic rings. The van der Waals surface area contributed by atoms with Crippen molar-refractivity contribution in [1.29, 1.82) is 0 Å². The monoisotopic (exact) mass is 879 g/mol. The van der Waals surface area contributed by atoms with Crippen molar-refractivity contribution in [3.63, 3.8) is 0 Å². The van der Waals surface area contributed by atoms with Gasteiger partial charge in [-0.1, -0.05) is 12.1 Å². The predicted octanol–water partition coefficient (Wildman–Crippen LogP) is 2.98. The Morgan fingerprint density at radius 2 is 1.26 bits per heavy atom. The topological polar surface area (TPSA) is 261 Å². The fourth-order valence-electron chi connectivity index (χ4n) is 6.88. The fourth-order valence-corrected chi connectivity index (χ4v) is 6.88. The third-order valence-electron chi connectivity index (χ3n) is 9.48. The smallest absolute Gasteiger partial charge is 0.408 e. The summed E-state index contributed by atoms with van der Waals surface area (Å²) in [5, 5.41) is 20.7. The van der Waals surface area contributed by atoms with Crippen molar-refractivity contribution in [3.8, 4) is 5.75 Å². The first-order valence-corrected chi connectivity index (χ1v) is 21.1. The lowest BCUT2D eigenvalue weighted by Crippen LogP contribution is -2.56. The fraction of sp³-hybridized carbons (Fsp3) is 0.721. The van der Waals surface area contributed by atoms with Crippen LogP contribution in [0.15, 0.2) is 24.3 Å². The van der Waals surface area contributed by atoms with Crippen molar-refractivity contribution < 1.29 is 67.0 Å². The van der Waals surface area contributed by atoms with E-state index in [2.05, 4.69) is 21.3 Å². The molecular weight excluding hydrogens is 810 g/mol. The van der Waals surface area contributed by atoms with Gasteiger partial charge in [0.15, 0.2) is 23.8 Å². The number of carboxylic acids is 1. The molecule has 0 radical (unpaired) electrons. The van der Waals surface area contributed by atoms with Crippen LogP contribution < -0.4 is 31.7 Å². The maximum absolute atomic E-state index is 14.1. The third-order valence-corrected chi connectivity index (χ3v) is 9.48. The molecule has 0 bridgehead atoms. The van der Waals surface area contributed by atoms with Gasteiger partial charge in [-0.3, -0.25) is 14.4 Å². The predicted molar refractivity (Wildman–Crippen MR) is 225 cm³/mol. The summed E-state index contributed by atoms with van der Waals surface area (Å²) in [4.78, 5) is 79.2. The van der Waals surface area contributed by atoms with E-state index in [4.69, 9.17) is 38.9 Å². The lowest BCUT2D eigenvalue weighted by molar-refractivity contribution is -0.176. The number of nitrogens with one attached hydrogen (secondary N) is 4. The van der Waals surface area contributed by atoms with Crippen LogP contribution in [-0.2, 0) is 58.8 Å². The zero-order valence-corrected chi connectivity index (χ0v) is 38.0. The van der Waals surface area contributed by atoms with E-state index < -0.39 is 101 Å². The van der Waals surface area contributed by atoms with Crippen molar-refractivity contribution in [2.75, 3.05) is 20.2 Å². The van der Waals surface area contributed by atoms with Gasteiger partial charge in [0.2, 0.25) is 11.8 Å². The Kier molecular flexibility index (Phi) is 18.5. The standard InChI is InChI=1S/C43H69N5O14/c1-40(2,3)57-26-20-18-25(19-21-26)24-29(35(50)46-28(38(54)56-11)17-12-14-22-44)47-34(49)27(48-39(55)62-41(4,5)6)16-13-15-23-45-36(51)32-30(58-42(7,8)60-32)31-33(37(52)53)61-43(9,10)59-31/h18-21,27-33H,12-17,22-24,44H2,1-11H3,(H,45,51)(H,46,50)(H,47,49)(H,48,55)(H,52,53)/t27-,28-,29?,30?,31?,32?,33?/m0/s1. The third kappa shape index (κ3) is 17.0. The summed E-state index contributed by atoms with van der Waals surface area (Å²) in [6.45, 7) is 17.6. The average molecular weight is 880 g/mol. The van der Waals surface area contributed by atoms with Crippen LogP contribution in [0.25, 0.3) is 0 Å². The Morgan fingerprint density at radius 1 is 0.726 bits per heavy atom. The molecule has 62 heavy (non-hydrogen) atoms. The first-order valence-electron chi connectivity index (χ1n) is 21.1. The number of esters is 1. The molecule has 5 unspecified atom stereocenters. The molecule has 2 aliphatic heterocycles. The Bertz CT molecular complexity index is 1690. The number of methoxy groups -OCH3 is 1. The molecule has 1 aromatic carbocycles. The van der Waals surface area contributed by atoms with Gasteiger partial charge in [0.05, 0.1) is 7.11 Å². The molecule has 2 saturated heterocycles. The van der Waals surface area contributed by atoms with Gasteiger partial charge in [-0.05, 0) is 132 Å². The molecule has 2 aliphatic rings. The number of rotatable bonds is 21. The molecule has 3 rings (SSSR count). The highest BCUT2D eigenvalue weighted by Gasteiger charge is 2.57. The molecule has 0 saturated carbocycles. The molecule has 2 fully saturated rings. The summed E-state index contributed by atoms with van der Waals surface area (Å²) in [6, 6.07) is 3.65. The molecule has 7 atom stereocenters. The molecule has 0 spiro atoms. The number of amides is 4. The normalized spacial score (nSPS) is 22.1. The quantitative estimate of drug-likeness (QED) is 0.0766. The summed E-state index contributed by atoms with van der Waals surface area (Å²) < 4.78 is 39.6. The van der Waals surface area contributed by atoms with E-state index in [0.717, 1.165) is 0 Å². The van der Waals surface area contributed by atoms with Crippen LogP contribution in [-0.4, -0.2) is 126 Å². The van der Waals surface area contributed by atoms with Crippen LogP contribution in [0.5, 0.6) is 5.75 Å². The van der Waals surface area contributed by atoms with Crippen LogP contribution in [0.2, 0.25) is 0 Å². The minimum absolute atomic E-state index is 0.0166. The maximum atomic E-state index is 14.1. The number of carboxylic acid groups (broad SMARTS) is 1. The molecule has 0 aromatic heterocycles. The van der Waals surface area contributed by atoms with Crippen molar-refractivity contribution in [2.24, 2.45) is 5.73 Å². The molecule has 2 heterocycles. The second-order valence-electron chi connectivity index (χ2n) is 18.4. The molecule has 19 nitrogen and oxygen atoms in total. The Labute approximate surface area is 364 Å². The van der Waals surface area contributed by atoms with E-state index in [0.29, 0.717) is 43.5 Å². The highest BCUT2D eigenvalue weighted by atomic mass is 16.8. The highest BCUT2D eigenvalue weighted by Crippen LogP contribution is 2.38. The number of benzene rings is 1. The number of alkyl carbamates (subject to hydrolysis) is 1. The van der Waals surface area contributed by atoms with Gasteiger partial charge in [0.25, 0.3) is 5.91 Å². The molecule has 350 valence electrons. The molecule has 0 aliphatic carbocycles. The van der Waals surface area contributed by atoms with Gasteiger partial charge in [-0.15, -0.1) is 0 Å². The second kappa shape index (κ2) is 22.2. The zero-order chi connectivity index (χ0) is 46.6. The lowest BCUT2D eigenvalue weighted by Gasteiger charge is -2.26. The van der Waals surface area contributed by atoms with Gasteiger partial charge in [0.1, 0.15) is 47.3 Å². The summed E-state index contributed by atoms with van der Waals surface area (Å²) in [5.41, 5.74) is 4.99. The molecular formula is C43H69N5O14. The number of carbonyl (C=O) groups is 6. The summed E-state index contributed by atoms with van der Waals surface area (Å²) in [5.74, 6) is -5.71. The first-order chi connectivity index (χ1) is 28.7. The van der Waals surface area contributed by atoms with Gasteiger partial charge in [-0.2, -0.15) is 0 Å². The number of ether oxygens (including phenoxy) is 7. The number of nitrogens with two attached hydrogens (primary N) is 1. The van der Waals surface area contributed by atoms with Gasteiger partial charge < -0.3 is 65.3 Å². The zero-order valence-electron chi connectivity index (χ0n) is 38.0. The van der Waals surface area contributed by atoms with Crippen LogP contribution >= 0.6 is 0 Å². The second-order valence-corrected chi connectivity index (χ2v) is 18.4. The van der Waals surface area contributed by atoms with E-state index in [1.165, 1.54) is 7.11 Å². The summed E-state index contributed by atoms with van der Waals surface area (Å²) in [7, 11) is 1.22. The summed E-state index contributed by atoms with van der Waals surface area (Å²) >= 11 is 0. The Morgan fingerprint density at radius 3 is 1.81 bits per heavy atom. The minimum atomic E-state index is -1.40. The first kappa shape index (κ1) is 51.8. The van der Waals surface area contributed by atoms with Crippen molar-refractivity contribution >= 4 is 35.8 Å². The Hall–Kier alpha value is -4.56. The number of hydrogen-bond donors (Lipinski definition) is 6. The molecule has 4 amide bonds. The average Bonchev–Trinajstić information content (AvgIpc) is 3.66. The van der Waals surface area contributed by atoms with Crippen LogP contribution in [0.4, 0.5) is 4.79 Å². The number of unbranched alkanes of at least 4 members (excludes halogenated alkanes) is 2. The van der Waals surface area contributed by atoms with Crippen LogP contribution in [0.1, 0.15) is 113 Å². The molecule has 7 N–H and O–H groups in total. The van der Waals surface area contributed by atoms with Crippen molar-refractivity contribution in [2.45, 2.75) is 180 Å². The number of hydrogen-bond acceptors (Lipinski definition) is 14. The molecule has 19 heteroatoms. The highest BCUT2D eigenvalue weighted by molar-refractivity contribution is 5.93. The van der Waals surface area contributed by atoms with E-state index in [9.17, 15) is 33.9 Å². The van der Waals surface area contributed by atoms with Gasteiger partial charge >= 0.3 is 18.0 Å². The Balaban J connectivity index is 1.77. The lowest BCUT2D eigenvalue weighted by atomic mass is 10.0. The van der Waals surface area contributed by atoms with E-state index in [-0.39, 0.29) is 25.8 Å².